The lowest BCUT2D eigenvalue weighted by atomic mass is 10.3. The molecule has 8 heteroatoms. The molecule has 2 heterocycles. The Morgan fingerprint density at radius 2 is 2.08 bits per heavy atom. The van der Waals surface area contributed by atoms with E-state index in [0.29, 0.717) is 0 Å². The molecule has 0 aliphatic rings. The molecule has 0 radical (unpaired) electrons. The number of benzene rings is 1. The van der Waals surface area contributed by atoms with E-state index in [0.717, 1.165) is 16.9 Å². The van der Waals surface area contributed by atoms with Gasteiger partial charge in [-0.05, 0) is 35.9 Å². The van der Waals surface area contributed by atoms with Crippen LogP contribution < -0.4 is 10.7 Å². The monoisotopic (exact) mass is 321 g/mol. The summed E-state index contributed by atoms with van der Waals surface area (Å²) >= 11 is 0. The zero-order valence-electron chi connectivity index (χ0n) is 12.7. The number of rotatable bonds is 6. The molecule has 0 aliphatic carbocycles. The molecule has 120 valence electrons. The minimum absolute atomic E-state index is 0.106. The highest BCUT2D eigenvalue weighted by atomic mass is 16.2. The molecule has 0 bridgehead atoms. The zero-order chi connectivity index (χ0) is 16.6. The van der Waals surface area contributed by atoms with Gasteiger partial charge >= 0.3 is 0 Å². The van der Waals surface area contributed by atoms with Crippen LogP contribution in [0.3, 0.4) is 0 Å². The number of hydrogen-bond donors (Lipinski definition) is 2. The van der Waals surface area contributed by atoms with Gasteiger partial charge in [-0.3, -0.25) is 9.78 Å². The lowest BCUT2D eigenvalue weighted by Gasteiger charge is -2.07. The van der Waals surface area contributed by atoms with Gasteiger partial charge in [0.15, 0.2) is 0 Å². The molecule has 0 saturated heterocycles. The second kappa shape index (κ2) is 7.63. The van der Waals surface area contributed by atoms with Crippen molar-refractivity contribution in [2.75, 3.05) is 11.9 Å². The Morgan fingerprint density at radius 3 is 2.88 bits per heavy atom. The number of carbonyl (C=O) groups excluding carboxylic acids is 1. The molecule has 3 rings (SSSR count). The summed E-state index contributed by atoms with van der Waals surface area (Å²) in [6.07, 6.45) is 7.96. The Balaban J connectivity index is 1.51. The predicted octanol–water partition coefficient (Wildman–Crippen LogP) is 1.22. The molecule has 1 aromatic carbocycles. The van der Waals surface area contributed by atoms with E-state index in [9.17, 15) is 4.79 Å². The average Bonchev–Trinajstić information content (AvgIpc) is 3.16. The van der Waals surface area contributed by atoms with Crippen molar-refractivity contribution in [2.24, 2.45) is 5.10 Å². The van der Waals surface area contributed by atoms with Crippen LogP contribution in [0.5, 0.6) is 0 Å². The second-order valence-electron chi connectivity index (χ2n) is 4.82. The SMILES string of the molecule is O=C(CNc1cccc(-n2cncn2)c1)N/N=C/c1ccncc1. The van der Waals surface area contributed by atoms with Crippen LogP contribution in [0.15, 0.2) is 66.5 Å². The Bertz CT molecular complexity index is 815. The minimum atomic E-state index is -0.244. The number of pyridine rings is 1. The highest BCUT2D eigenvalue weighted by Crippen LogP contribution is 2.12. The maximum atomic E-state index is 11.8. The van der Waals surface area contributed by atoms with Gasteiger partial charge in [0.1, 0.15) is 12.7 Å². The fraction of sp³-hybridized carbons (Fsp3) is 0.0625. The first-order valence-corrected chi connectivity index (χ1v) is 7.22. The number of aromatic nitrogens is 4. The van der Waals surface area contributed by atoms with E-state index >= 15 is 0 Å². The lowest BCUT2D eigenvalue weighted by molar-refractivity contribution is -0.119. The normalized spacial score (nSPS) is 10.7. The summed E-state index contributed by atoms with van der Waals surface area (Å²) in [6, 6.07) is 11.1. The van der Waals surface area contributed by atoms with E-state index in [1.807, 2.05) is 24.3 Å². The Kier molecular flexibility index (Phi) is 4.88. The van der Waals surface area contributed by atoms with Gasteiger partial charge in [-0.2, -0.15) is 10.2 Å². The molecule has 0 spiro atoms. The van der Waals surface area contributed by atoms with Crippen molar-refractivity contribution < 1.29 is 4.79 Å². The molecule has 8 nitrogen and oxygen atoms in total. The van der Waals surface area contributed by atoms with Crippen LogP contribution in [-0.4, -0.2) is 38.4 Å². The van der Waals surface area contributed by atoms with Crippen LogP contribution >= 0.6 is 0 Å². The molecule has 0 fully saturated rings. The van der Waals surface area contributed by atoms with Gasteiger partial charge in [-0.1, -0.05) is 6.07 Å². The van der Waals surface area contributed by atoms with Gasteiger partial charge in [0.2, 0.25) is 0 Å². The lowest BCUT2D eigenvalue weighted by Crippen LogP contribution is -2.25. The van der Waals surface area contributed by atoms with Crippen molar-refractivity contribution in [1.29, 1.82) is 0 Å². The van der Waals surface area contributed by atoms with Gasteiger partial charge in [-0.15, -0.1) is 0 Å². The highest BCUT2D eigenvalue weighted by Gasteiger charge is 2.02. The van der Waals surface area contributed by atoms with Gasteiger partial charge in [0.25, 0.3) is 5.91 Å². The predicted molar refractivity (Wildman–Crippen MR) is 89.8 cm³/mol. The van der Waals surface area contributed by atoms with Crippen LogP contribution in [0.4, 0.5) is 5.69 Å². The number of amides is 1. The molecular formula is C16H15N7O. The standard InChI is InChI=1S/C16H15N7O/c24-16(22-20-9-13-4-6-17-7-5-13)10-19-14-2-1-3-15(8-14)23-12-18-11-21-23/h1-9,11-12,19H,10H2,(H,22,24)/b20-9+. The third kappa shape index (κ3) is 4.23. The van der Waals surface area contributed by atoms with E-state index in [1.54, 1.807) is 41.8 Å². The minimum Gasteiger partial charge on any atom is -0.376 e. The summed E-state index contributed by atoms with van der Waals surface area (Å²) in [7, 11) is 0. The van der Waals surface area contributed by atoms with Crippen LogP contribution in [0, 0.1) is 0 Å². The van der Waals surface area contributed by atoms with Crippen molar-refractivity contribution in [3.63, 3.8) is 0 Å². The first-order valence-electron chi connectivity index (χ1n) is 7.22. The summed E-state index contributed by atoms with van der Waals surface area (Å²) in [5.74, 6) is -0.244. The van der Waals surface area contributed by atoms with E-state index in [-0.39, 0.29) is 12.5 Å². The van der Waals surface area contributed by atoms with Crippen molar-refractivity contribution in [1.82, 2.24) is 25.2 Å². The summed E-state index contributed by atoms with van der Waals surface area (Å²) in [6.45, 7) is 0.106. The van der Waals surface area contributed by atoms with Crippen LogP contribution in [0.2, 0.25) is 0 Å². The third-order valence-corrected chi connectivity index (χ3v) is 3.09. The van der Waals surface area contributed by atoms with Crippen LogP contribution in [0.1, 0.15) is 5.56 Å². The molecule has 0 atom stereocenters. The third-order valence-electron chi connectivity index (χ3n) is 3.09. The Morgan fingerprint density at radius 1 is 1.21 bits per heavy atom. The van der Waals surface area contributed by atoms with Crippen molar-refractivity contribution in [3.05, 3.63) is 67.0 Å². The second-order valence-corrected chi connectivity index (χ2v) is 4.82. The Labute approximate surface area is 138 Å². The molecule has 0 aliphatic heterocycles. The molecular weight excluding hydrogens is 306 g/mol. The first kappa shape index (κ1) is 15.3. The van der Waals surface area contributed by atoms with Crippen LogP contribution in [0.25, 0.3) is 5.69 Å². The van der Waals surface area contributed by atoms with Crippen molar-refractivity contribution >= 4 is 17.8 Å². The Hall–Kier alpha value is -3.55. The molecule has 3 aromatic rings. The van der Waals surface area contributed by atoms with Crippen LogP contribution in [-0.2, 0) is 4.79 Å². The van der Waals surface area contributed by atoms with E-state index < -0.39 is 0 Å². The number of nitrogens with one attached hydrogen (secondary N) is 2. The van der Waals surface area contributed by atoms with E-state index in [4.69, 9.17) is 0 Å². The van der Waals surface area contributed by atoms with Crippen molar-refractivity contribution in [2.45, 2.75) is 0 Å². The maximum absolute atomic E-state index is 11.8. The van der Waals surface area contributed by atoms with Crippen molar-refractivity contribution in [3.8, 4) is 5.69 Å². The molecule has 1 amide bonds. The highest BCUT2D eigenvalue weighted by molar-refractivity contribution is 5.84. The summed E-state index contributed by atoms with van der Waals surface area (Å²) < 4.78 is 1.64. The molecule has 2 aromatic heterocycles. The fourth-order valence-electron chi connectivity index (χ4n) is 1.95. The number of anilines is 1. The topological polar surface area (TPSA) is 97.1 Å². The largest absolute Gasteiger partial charge is 0.376 e. The molecule has 0 unspecified atom stereocenters. The number of carbonyl (C=O) groups is 1. The maximum Gasteiger partial charge on any atom is 0.259 e. The van der Waals surface area contributed by atoms with E-state index in [1.165, 1.54) is 6.33 Å². The molecule has 24 heavy (non-hydrogen) atoms. The summed E-state index contributed by atoms with van der Waals surface area (Å²) in [5.41, 5.74) is 4.98. The summed E-state index contributed by atoms with van der Waals surface area (Å²) in [5, 5.41) is 11.0. The average molecular weight is 321 g/mol. The number of hydrogen-bond acceptors (Lipinski definition) is 6. The van der Waals surface area contributed by atoms with Gasteiger partial charge in [0, 0.05) is 18.1 Å². The smallest absolute Gasteiger partial charge is 0.259 e. The summed E-state index contributed by atoms with van der Waals surface area (Å²) in [4.78, 5) is 19.6. The molecule has 0 saturated carbocycles. The zero-order valence-corrected chi connectivity index (χ0v) is 12.7. The van der Waals surface area contributed by atoms with Gasteiger partial charge in [-0.25, -0.2) is 15.1 Å². The van der Waals surface area contributed by atoms with Gasteiger partial charge < -0.3 is 5.32 Å². The number of nitrogens with zero attached hydrogens (tertiary/aromatic N) is 5. The first-order chi connectivity index (χ1) is 11.8. The quantitative estimate of drug-likeness (QED) is 0.525. The molecule has 2 N–H and O–H groups in total. The fourth-order valence-corrected chi connectivity index (χ4v) is 1.95. The number of hydrazone groups is 1. The van der Waals surface area contributed by atoms with E-state index in [2.05, 4.69) is 30.9 Å². The van der Waals surface area contributed by atoms with Gasteiger partial charge in [0.05, 0.1) is 18.4 Å².